The van der Waals surface area contributed by atoms with Crippen LogP contribution < -0.4 is 0 Å². The molecule has 4 rings (SSSR count). The van der Waals surface area contributed by atoms with Gasteiger partial charge in [0, 0.05) is 30.6 Å². The molecule has 3 fully saturated rings. The molecule has 0 aromatic heterocycles. The minimum Gasteiger partial charge on any atom is -0.459 e. The Kier molecular flexibility index (Phi) is 15.0. The number of carbonyl (C=O) groups excluding carboxylic acids is 1. The van der Waals surface area contributed by atoms with Crippen molar-refractivity contribution in [2.75, 3.05) is 0 Å². The number of aliphatic hydroxyl groups is 3. The van der Waals surface area contributed by atoms with Crippen LogP contribution in [0.2, 0.25) is 0 Å². The highest BCUT2D eigenvalue weighted by molar-refractivity contribution is 5.73. The Balaban J connectivity index is 1.84. The molecule has 9 nitrogen and oxygen atoms in total. The fourth-order valence-electron chi connectivity index (χ4n) is 10.00. The molecule has 54 heavy (non-hydrogen) atoms. The molecular formula is C45H76O9. The molecule has 0 amide bonds. The molecule has 0 saturated carbocycles. The first kappa shape index (κ1) is 45.1. The van der Waals surface area contributed by atoms with Crippen molar-refractivity contribution in [3.63, 3.8) is 0 Å². The monoisotopic (exact) mass is 761 g/mol. The summed E-state index contributed by atoms with van der Waals surface area (Å²) >= 11 is 0. The number of rotatable bonds is 7. The maximum Gasteiger partial charge on any atom is 0.311 e. The minimum atomic E-state index is -1.89. The number of hydrogen-bond donors (Lipinski definition) is 3. The van der Waals surface area contributed by atoms with Gasteiger partial charge in [-0.05, 0) is 74.2 Å². The number of aliphatic hydroxyl groups excluding tert-OH is 2. The van der Waals surface area contributed by atoms with Crippen LogP contribution in [0.25, 0.3) is 0 Å². The third-order valence-corrected chi connectivity index (χ3v) is 14.1. The molecule has 2 unspecified atom stereocenters. The highest BCUT2D eigenvalue weighted by Crippen LogP contribution is 2.46. The predicted octanol–water partition coefficient (Wildman–Crippen LogP) is 7.95. The van der Waals surface area contributed by atoms with E-state index in [4.69, 9.17) is 23.7 Å². The van der Waals surface area contributed by atoms with E-state index >= 15 is 0 Å². The molecule has 310 valence electrons. The summed E-state index contributed by atoms with van der Waals surface area (Å²) in [5.74, 6) is -1.89. The zero-order valence-electron chi connectivity index (χ0n) is 36.0. The molecule has 0 spiro atoms. The second-order valence-electron chi connectivity index (χ2n) is 19.4. The third kappa shape index (κ3) is 9.92. The van der Waals surface area contributed by atoms with Crippen LogP contribution in [0.5, 0.6) is 0 Å². The largest absolute Gasteiger partial charge is 0.459 e. The van der Waals surface area contributed by atoms with E-state index in [1.165, 1.54) is 0 Å². The van der Waals surface area contributed by atoms with E-state index in [1.807, 2.05) is 51.1 Å². The van der Waals surface area contributed by atoms with Crippen LogP contribution in [-0.4, -0.2) is 82.2 Å². The molecule has 3 aliphatic rings. The zero-order chi connectivity index (χ0) is 40.5. The third-order valence-electron chi connectivity index (χ3n) is 14.1. The number of ether oxygens (including phenoxy) is 5. The molecule has 1 aromatic rings. The van der Waals surface area contributed by atoms with Gasteiger partial charge in [-0.1, -0.05) is 106 Å². The fraction of sp³-hybridized carbons (Fsp3) is 0.844. The van der Waals surface area contributed by atoms with E-state index in [-0.39, 0.29) is 48.2 Å². The van der Waals surface area contributed by atoms with E-state index in [0.717, 1.165) is 12.0 Å². The Bertz CT molecular complexity index is 1340. The smallest absolute Gasteiger partial charge is 0.311 e. The second kappa shape index (κ2) is 17.9. The minimum absolute atomic E-state index is 0.0316. The average Bonchev–Trinajstić information content (AvgIpc) is 3.10. The van der Waals surface area contributed by atoms with Gasteiger partial charge in [-0.25, -0.2) is 0 Å². The van der Waals surface area contributed by atoms with Gasteiger partial charge >= 0.3 is 5.97 Å². The van der Waals surface area contributed by atoms with E-state index in [1.54, 1.807) is 6.92 Å². The van der Waals surface area contributed by atoms with Crippen molar-refractivity contribution in [1.29, 1.82) is 0 Å². The van der Waals surface area contributed by atoms with Crippen LogP contribution in [0, 0.1) is 52.3 Å². The average molecular weight is 761 g/mol. The van der Waals surface area contributed by atoms with E-state index in [2.05, 4.69) is 69.2 Å². The number of esters is 1. The Morgan fingerprint density at radius 2 is 1.43 bits per heavy atom. The molecule has 3 saturated heterocycles. The first-order chi connectivity index (χ1) is 25.0. The van der Waals surface area contributed by atoms with Gasteiger partial charge in [-0.3, -0.25) is 4.79 Å². The molecule has 1 aromatic carbocycles. The molecule has 3 aliphatic heterocycles. The first-order valence-corrected chi connectivity index (χ1v) is 21.0. The van der Waals surface area contributed by atoms with Crippen molar-refractivity contribution >= 4 is 5.97 Å². The summed E-state index contributed by atoms with van der Waals surface area (Å²) in [6, 6.07) is 9.42. The first-order valence-electron chi connectivity index (χ1n) is 21.0. The van der Waals surface area contributed by atoms with Crippen molar-refractivity contribution < 1.29 is 43.8 Å². The molecule has 9 heteroatoms. The van der Waals surface area contributed by atoms with Gasteiger partial charge in [-0.15, -0.1) is 0 Å². The molecule has 0 aliphatic carbocycles. The second-order valence-corrected chi connectivity index (χ2v) is 19.4. The fourth-order valence-corrected chi connectivity index (χ4v) is 10.00. The summed E-state index contributed by atoms with van der Waals surface area (Å²) in [5.41, 5.74) is -1.73. The zero-order valence-corrected chi connectivity index (χ0v) is 36.0. The lowest BCUT2D eigenvalue weighted by Crippen LogP contribution is -2.60. The normalized spacial score (nSPS) is 45.2. The van der Waals surface area contributed by atoms with Gasteiger partial charge in [0.2, 0.25) is 0 Å². The standard InChI is InChI=1S/C45H76O9/c1-15-35-45(49,23-34-19-17-16-18-20-34)39(47)29(6)37(46)26(3)22-44(13,14)40(54-42-28(5)25(2)21-27(4)50-42)30(7)38(31(8)41(48)52-35)53-36-24-43(11,12)32(9)33(10)51-36/h16-20,25-33,35-40,42,46-47,49H,15,21-24H2,1-14H3/t25-,26+,27+,28+,29-,30-,31+,32-,33-,35+,36?,37-,38-,39+,40+,42?,45+/m0/s1. The number of cyclic esters (lactones) is 1. The Hall–Kier alpha value is -1.59. The SMILES string of the molecule is CC[C@H]1OC(=O)[C@H](C)[C@@H](OC2CC(C)(C)[C@@H](C)[C@H](C)O2)[C@H](C)[C@@H](OC2O[C@H](C)C[C@H](C)[C@H]2C)C(C)(C)C[C@@H](C)[C@H](O)[C@H](C)[C@@H](O)[C@@]1(O)Cc1ccccc1. The topological polar surface area (TPSA) is 124 Å². The van der Waals surface area contributed by atoms with Gasteiger partial charge < -0.3 is 39.0 Å². The molecule has 0 radical (unpaired) electrons. The lowest BCUT2D eigenvalue weighted by Gasteiger charge is -2.50. The lowest BCUT2D eigenvalue weighted by molar-refractivity contribution is -0.294. The number of carbonyl (C=O) groups is 1. The van der Waals surface area contributed by atoms with Crippen LogP contribution in [-0.2, 0) is 34.9 Å². The summed E-state index contributed by atoms with van der Waals surface area (Å²) < 4.78 is 33.5. The molecule has 0 bridgehead atoms. The van der Waals surface area contributed by atoms with E-state index < -0.39 is 71.9 Å². The molecule has 17 atom stereocenters. The van der Waals surface area contributed by atoms with Gasteiger partial charge in [-0.2, -0.15) is 0 Å². The van der Waals surface area contributed by atoms with Crippen molar-refractivity contribution in [2.45, 2.75) is 190 Å². The van der Waals surface area contributed by atoms with E-state index in [9.17, 15) is 20.1 Å². The van der Waals surface area contributed by atoms with Crippen molar-refractivity contribution in [3.05, 3.63) is 35.9 Å². The summed E-state index contributed by atoms with van der Waals surface area (Å²) in [6.45, 7) is 29.1. The Morgan fingerprint density at radius 3 is 2.02 bits per heavy atom. The predicted molar refractivity (Wildman–Crippen MR) is 211 cm³/mol. The number of hydrogen-bond acceptors (Lipinski definition) is 9. The maximum atomic E-state index is 14.6. The summed E-state index contributed by atoms with van der Waals surface area (Å²) in [6.07, 6.45) is -3.27. The summed E-state index contributed by atoms with van der Waals surface area (Å²) in [7, 11) is 0. The van der Waals surface area contributed by atoms with Gasteiger partial charge in [0.25, 0.3) is 0 Å². The Morgan fingerprint density at radius 1 is 0.796 bits per heavy atom. The van der Waals surface area contributed by atoms with Crippen LogP contribution in [0.15, 0.2) is 30.3 Å². The molecule has 3 N–H and O–H groups in total. The van der Waals surface area contributed by atoms with Crippen molar-refractivity contribution in [3.8, 4) is 0 Å². The quantitative estimate of drug-likeness (QED) is 0.238. The number of benzene rings is 1. The highest BCUT2D eigenvalue weighted by Gasteiger charge is 2.53. The maximum absolute atomic E-state index is 14.6. The van der Waals surface area contributed by atoms with E-state index in [0.29, 0.717) is 24.7 Å². The lowest BCUT2D eigenvalue weighted by atomic mass is 9.68. The summed E-state index contributed by atoms with van der Waals surface area (Å²) in [4.78, 5) is 14.6. The van der Waals surface area contributed by atoms with Crippen molar-refractivity contribution in [1.82, 2.24) is 0 Å². The molecular weight excluding hydrogens is 684 g/mol. The molecule has 3 heterocycles. The Labute approximate surface area is 327 Å². The summed E-state index contributed by atoms with van der Waals surface area (Å²) in [5, 5.41) is 36.7. The van der Waals surface area contributed by atoms with Gasteiger partial charge in [0.05, 0.1) is 42.5 Å². The highest BCUT2D eigenvalue weighted by atomic mass is 16.7. The van der Waals surface area contributed by atoms with Crippen LogP contribution in [0.1, 0.15) is 128 Å². The van der Waals surface area contributed by atoms with Crippen LogP contribution >= 0.6 is 0 Å². The van der Waals surface area contributed by atoms with Gasteiger partial charge in [0.15, 0.2) is 12.6 Å². The van der Waals surface area contributed by atoms with Gasteiger partial charge in [0.1, 0.15) is 11.7 Å². The van der Waals surface area contributed by atoms with Crippen LogP contribution in [0.4, 0.5) is 0 Å². The van der Waals surface area contributed by atoms with Crippen LogP contribution in [0.3, 0.4) is 0 Å². The van der Waals surface area contributed by atoms with Crippen molar-refractivity contribution in [2.24, 2.45) is 52.3 Å².